The lowest BCUT2D eigenvalue weighted by Crippen LogP contribution is -2.49. The van der Waals surface area contributed by atoms with Crippen LogP contribution in [0.4, 0.5) is 0 Å². The molecule has 0 spiro atoms. The summed E-state index contributed by atoms with van der Waals surface area (Å²) in [6, 6.07) is 8.89. The molecule has 0 bridgehead atoms. The standard InChI is InChI=1S/C15H23N3/c16-5-6-17-7-9-18(10-8-17)12-14-11-13-3-1-2-4-15(13)14/h1-4,14H,5-12,16H2. The Bertz CT molecular complexity index is 396. The molecule has 0 aromatic heterocycles. The third kappa shape index (κ3) is 2.44. The van der Waals surface area contributed by atoms with Crippen molar-refractivity contribution >= 4 is 0 Å². The van der Waals surface area contributed by atoms with Gasteiger partial charge in [-0.1, -0.05) is 24.3 Å². The molecule has 1 aliphatic heterocycles. The highest BCUT2D eigenvalue weighted by atomic mass is 15.3. The maximum Gasteiger partial charge on any atom is 0.0110 e. The monoisotopic (exact) mass is 245 g/mol. The van der Waals surface area contributed by atoms with Gasteiger partial charge >= 0.3 is 0 Å². The van der Waals surface area contributed by atoms with Crippen LogP contribution in [-0.2, 0) is 6.42 Å². The average Bonchev–Trinajstić information content (AvgIpc) is 2.38. The van der Waals surface area contributed by atoms with Gasteiger partial charge in [0, 0.05) is 51.7 Å². The molecule has 1 atom stereocenters. The van der Waals surface area contributed by atoms with Gasteiger partial charge in [0.15, 0.2) is 0 Å². The van der Waals surface area contributed by atoms with Crippen molar-refractivity contribution in [2.45, 2.75) is 12.3 Å². The van der Waals surface area contributed by atoms with Crippen LogP contribution < -0.4 is 5.73 Å². The van der Waals surface area contributed by atoms with Crippen molar-refractivity contribution in [2.24, 2.45) is 5.73 Å². The average molecular weight is 245 g/mol. The van der Waals surface area contributed by atoms with Crippen LogP contribution in [0.1, 0.15) is 17.0 Å². The van der Waals surface area contributed by atoms with Crippen LogP contribution >= 0.6 is 0 Å². The Balaban J connectivity index is 1.49. The van der Waals surface area contributed by atoms with Crippen molar-refractivity contribution < 1.29 is 0 Å². The second kappa shape index (κ2) is 5.39. The second-order valence-electron chi connectivity index (χ2n) is 5.53. The van der Waals surface area contributed by atoms with Crippen LogP contribution in [0.3, 0.4) is 0 Å². The first-order valence-electron chi connectivity index (χ1n) is 7.09. The maximum absolute atomic E-state index is 5.60. The second-order valence-corrected chi connectivity index (χ2v) is 5.53. The van der Waals surface area contributed by atoms with Gasteiger partial charge in [0.25, 0.3) is 0 Å². The lowest BCUT2D eigenvalue weighted by Gasteiger charge is -2.39. The Morgan fingerprint density at radius 3 is 2.50 bits per heavy atom. The molecule has 0 amide bonds. The van der Waals surface area contributed by atoms with Crippen molar-refractivity contribution in [1.82, 2.24) is 9.80 Å². The van der Waals surface area contributed by atoms with Crippen LogP contribution in [0.15, 0.2) is 24.3 Å². The van der Waals surface area contributed by atoms with Crippen molar-refractivity contribution in [2.75, 3.05) is 45.8 Å². The first kappa shape index (κ1) is 12.2. The number of piperazine rings is 1. The van der Waals surface area contributed by atoms with E-state index in [1.54, 1.807) is 11.1 Å². The van der Waals surface area contributed by atoms with E-state index in [9.17, 15) is 0 Å². The lowest BCUT2D eigenvalue weighted by molar-refractivity contribution is 0.127. The van der Waals surface area contributed by atoms with E-state index in [-0.39, 0.29) is 0 Å². The third-order valence-electron chi connectivity index (χ3n) is 4.35. The zero-order valence-electron chi connectivity index (χ0n) is 11.0. The van der Waals surface area contributed by atoms with Crippen LogP contribution in [0.5, 0.6) is 0 Å². The molecule has 3 nitrogen and oxygen atoms in total. The van der Waals surface area contributed by atoms with Gasteiger partial charge in [-0.05, 0) is 17.5 Å². The van der Waals surface area contributed by atoms with Gasteiger partial charge in [0.2, 0.25) is 0 Å². The fraction of sp³-hybridized carbons (Fsp3) is 0.600. The first-order valence-corrected chi connectivity index (χ1v) is 7.09. The number of hydrogen-bond donors (Lipinski definition) is 1. The number of nitrogens with two attached hydrogens (primary N) is 1. The van der Waals surface area contributed by atoms with Gasteiger partial charge in [-0.15, -0.1) is 0 Å². The van der Waals surface area contributed by atoms with E-state index in [1.807, 2.05) is 0 Å². The minimum absolute atomic E-state index is 0.780. The topological polar surface area (TPSA) is 32.5 Å². The highest BCUT2D eigenvalue weighted by Crippen LogP contribution is 2.35. The smallest absolute Gasteiger partial charge is 0.0110 e. The predicted molar refractivity (Wildman–Crippen MR) is 74.8 cm³/mol. The summed E-state index contributed by atoms with van der Waals surface area (Å²) in [6.07, 6.45) is 1.28. The SMILES string of the molecule is NCCN1CCN(CC2Cc3ccccc32)CC1. The van der Waals surface area contributed by atoms with E-state index >= 15 is 0 Å². The molecule has 0 radical (unpaired) electrons. The van der Waals surface area contributed by atoms with E-state index in [0.29, 0.717) is 0 Å². The van der Waals surface area contributed by atoms with Crippen LogP contribution in [0, 0.1) is 0 Å². The molecule has 0 saturated carbocycles. The molecule has 98 valence electrons. The fourth-order valence-corrected chi connectivity index (χ4v) is 3.22. The highest BCUT2D eigenvalue weighted by Gasteiger charge is 2.28. The fourth-order valence-electron chi connectivity index (χ4n) is 3.22. The maximum atomic E-state index is 5.60. The zero-order valence-corrected chi connectivity index (χ0v) is 11.0. The molecule has 1 saturated heterocycles. The molecule has 2 aliphatic rings. The quantitative estimate of drug-likeness (QED) is 0.855. The number of hydrogen-bond acceptors (Lipinski definition) is 3. The van der Waals surface area contributed by atoms with Crippen LogP contribution in [-0.4, -0.2) is 55.6 Å². The molecule has 1 fully saturated rings. The largest absolute Gasteiger partial charge is 0.329 e. The molecular weight excluding hydrogens is 222 g/mol. The van der Waals surface area contributed by atoms with Gasteiger partial charge in [-0.2, -0.15) is 0 Å². The molecule has 3 rings (SSSR count). The molecule has 1 aromatic rings. The Morgan fingerprint density at radius 2 is 1.78 bits per heavy atom. The van der Waals surface area contributed by atoms with Gasteiger partial charge in [-0.25, -0.2) is 0 Å². The van der Waals surface area contributed by atoms with Crippen LogP contribution in [0.2, 0.25) is 0 Å². The Labute approximate surface area is 110 Å². The molecule has 2 N–H and O–H groups in total. The van der Waals surface area contributed by atoms with E-state index in [4.69, 9.17) is 5.73 Å². The summed E-state index contributed by atoms with van der Waals surface area (Å²) in [6.45, 7) is 7.87. The van der Waals surface area contributed by atoms with E-state index in [0.717, 1.165) is 19.0 Å². The summed E-state index contributed by atoms with van der Waals surface area (Å²) >= 11 is 0. The number of benzene rings is 1. The molecule has 1 unspecified atom stereocenters. The van der Waals surface area contributed by atoms with Gasteiger partial charge in [0.1, 0.15) is 0 Å². The number of nitrogens with zero attached hydrogens (tertiary/aromatic N) is 2. The predicted octanol–water partition coefficient (Wildman–Crippen LogP) is 0.903. The number of rotatable bonds is 4. The van der Waals surface area contributed by atoms with Crippen molar-refractivity contribution in [3.63, 3.8) is 0 Å². The van der Waals surface area contributed by atoms with Crippen molar-refractivity contribution in [1.29, 1.82) is 0 Å². The van der Waals surface area contributed by atoms with E-state index in [1.165, 1.54) is 39.1 Å². The normalized spacial score (nSPS) is 24.6. The third-order valence-corrected chi connectivity index (χ3v) is 4.35. The molecule has 18 heavy (non-hydrogen) atoms. The van der Waals surface area contributed by atoms with Crippen molar-refractivity contribution in [3.8, 4) is 0 Å². The van der Waals surface area contributed by atoms with Gasteiger partial charge in [0.05, 0.1) is 0 Å². The summed E-state index contributed by atoms with van der Waals surface area (Å²) < 4.78 is 0. The van der Waals surface area contributed by atoms with Crippen LogP contribution in [0.25, 0.3) is 0 Å². The molecule has 1 aliphatic carbocycles. The minimum atomic E-state index is 0.780. The molecule has 3 heteroatoms. The highest BCUT2D eigenvalue weighted by molar-refractivity contribution is 5.40. The summed E-state index contributed by atoms with van der Waals surface area (Å²) in [4.78, 5) is 5.10. The summed E-state index contributed by atoms with van der Waals surface area (Å²) in [7, 11) is 0. The molecule has 1 heterocycles. The lowest BCUT2D eigenvalue weighted by atomic mass is 9.77. The number of fused-ring (bicyclic) bond motifs is 1. The summed E-state index contributed by atoms with van der Waals surface area (Å²) in [5, 5.41) is 0. The molecular formula is C15H23N3. The zero-order chi connectivity index (χ0) is 12.4. The minimum Gasteiger partial charge on any atom is -0.329 e. The summed E-state index contributed by atoms with van der Waals surface area (Å²) in [5.41, 5.74) is 8.75. The van der Waals surface area contributed by atoms with E-state index in [2.05, 4.69) is 34.1 Å². The Kier molecular flexibility index (Phi) is 3.64. The van der Waals surface area contributed by atoms with E-state index < -0.39 is 0 Å². The summed E-state index contributed by atoms with van der Waals surface area (Å²) in [5.74, 6) is 0.780. The van der Waals surface area contributed by atoms with Gasteiger partial charge in [-0.3, -0.25) is 4.90 Å². The Hall–Kier alpha value is -0.900. The Morgan fingerprint density at radius 1 is 1.06 bits per heavy atom. The molecule has 1 aromatic carbocycles. The van der Waals surface area contributed by atoms with Gasteiger partial charge < -0.3 is 10.6 Å². The van der Waals surface area contributed by atoms with Crippen molar-refractivity contribution in [3.05, 3.63) is 35.4 Å². The first-order chi connectivity index (χ1) is 8.86.